The van der Waals surface area contributed by atoms with E-state index < -0.39 is 0 Å². The number of fused-ring (bicyclic) bond motifs is 1. The van der Waals surface area contributed by atoms with E-state index in [0.717, 1.165) is 51.9 Å². The summed E-state index contributed by atoms with van der Waals surface area (Å²) < 4.78 is 14.0. The summed E-state index contributed by atoms with van der Waals surface area (Å²) in [4.78, 5) is 9.52. The molecule has 1 aromatic heterocycles. The van der Waals surface area contributed by atoms with Gasteiger partial charge in [0.2, 0.25) is 0 Å². The molecule has 32 heavy (non-hydrogen) atoms. The van der Waals surface area contributed by atoms with Gasteiger partial charge in [0.05, 0.1) is 11.9 Å². The summed E-state index contributed by atoms with van der Waals surface area (Å²) in [5.41, 5.74) is 7.52. The van der Waals surface area contributed by atoms with Crippen LogP contribution in [0.1, 0.15) is 61.8 Å². The molecule has 0 saturated heterocycles. The second-order valence-corrected chi connectivity index (χ2v) is 8.25. The molecule has 5 heteroatoms. The second kappa shape index (κ2) is 9.43. The number of aliphatic imine (C=N–C) groups is 2. The molecule has 1 fully saturated rings. The van der Waals surface area contributed by atoms with Crippen LogP contribution in [0.15, 0.2) is 59.3 Å². The smallest absolute Gasteiger partial charge is 0.148 e. The van der Waals surface area contributed by atoms with Crippen LogP contribution in [0.5, 0.6) is 0 Å². The van der Waals surface area contributed by atoms with Gasteiger partial charge in [-0.1, -0.05) is 32.6 Å². The Bertz CT molecular complexity index is 1240. The maximum Gasteiger partial charge on any atom is 0.148 e. The third kappa shape index (κ3) is 4.62. The fourth-order valence-electron chi connectivity index (χ4n) is 3.93. The van der Waals surface area contributed by atoms with Gasteiger partial charge in [0.1, 0.15) is 11.3 Å². The number of halogens is 1. The van der Waals surface area contributed by atoms with E-state index in [9.17, 15) is 4.39 Å². The summed E-state index contributed by atoms with van der Waals surface area (Å²) in [6.45, 7) is 10.5. The molecule has 0 unspecified atom stereocenters. The Labute approximate surface area is 188 Å². The molecule has 0 atom stereocenters. The van der Waals surface area contributed by atoms with E-state index in [0.29, 0.717) is 11.4 Å². The minimum Gasteiger partial charge on any atom is -0.275 e. The van der Waals surface area contributed by atoms with Gasteiger partial charge in [-0.15, -0.1) is 0 Å². The Morgan fingerprint density at radius 3 is 2.75 bits per heavy atom. The van der Waals surface area contributed by atoms with Crippen LogP contribution in [0.3, 0.4) is 0 Å². The van der Waals surface area contributed by atoms with Crippen molar-refractivity contribution in [1.29, 1.82) is 0 Å². The quantitative estimate of drug-likeness (QED) is 0.382. The average molecular weight is 429 g/mol. The molecule has 164 valence electrons. The summed E-state index contributed by atoms with van der Waals surface area (Å²) in [7, 11) is 0. The van der Waals surface area contributed by atoms with Crippen LogP contribution in [0.2, 0.25) is 0 Å². The van der Waals surface area contributed by atoms with Crippen LogP contribution in [-0.2, 0) is 0 Å². The Kier molecular flexibility index (Phi) is 6.45. The number of nitrogens with one attached hydrogen (secondary N) is 1. The van der Waals surface area contributed by atoms with Crippen molar-refractivity contribution >= 4 is 34.1 Å². The minimum absolute atomic E-state index is 0.310. The lowest BCUT2D eigenvalue weighted by Crippen LogP contribution is -2.00. The number of benzene rings is 2. The second-order valence-electron chi connectivity index (χ2n) is 8.25. The minimum atomic E-state index is -0.310. The molecule has 0 spiro atoms. The molecular formula is C27H29FN4. The Balaban J connectivity index is 1.60. The Morgan fingerprint density at radius 2 is 2.03 bits per heavy atom. The van der Waals surface area contributed by atoms with E-state index in [-0.39, 0.29) is 5.82 Å². The van der Waals surface area contributed by atoms with Crippen molar-refractivity contribution in [2.45, 2.75) is 46.5 Å². The fourth-order valence-corrected chi connectivity index (χ4v) is 3.93. The molecule has 1 aliphatic carbocycles. The first-order chi connectivity index (χ1) is 15.5. The predicted octanol–water partition coefficient (Wildman–Crippen LogP) is 7.11. The zero-order valence-electron chi connectivity index (χ0n) is 19.0. The molecule has 1 aliphatic rings. The summed E-state index contributed by atoms with van der Waals surface area (Å²) >= 11 is 0. The van der Waals surface area contributed by atoms with Gasteiger partial charge < -0.3 is 0 Å². The third-order valence-corrected chi connectivity index (χ3v) is 6.00. The highest BCUT2D eigenvalue weighted by Gasteiger charge is 2.26. The van der Waals surface area contributed by atoms with Crippen molar-refractivity contribution < 1.29 is 4.39 Å². The van der Waals surface area contributed by atoms with E-state index in [1.807, 2.05) is 19.2 Å². The first-order valence-electron chi connectivity index (χ1n) is 11.2. The topological polar surface area (TPSA) is 53.4 Å². The van der Waals surface area contributed by atoms with Crippen LogP contribution < -0.4 is 0 Å². The zero-order chi connectivity index (χ0) is 22.7. The molecule has 4 rings (SSSR count). The molecule has 1 heterocycles. The molecule has 2 aromatic carbocycles. The molecular weight excluding hydrogens is 399 g/mol. The van der Waals surface area contributed by atoms with Crippen LogP contribution in [-0.4, -0.2) is 21.6 Å². The lowest BCUT2D eigenvalue weighted by Gasteiger charge is -2.08. The average Bonchev–Trinajstić information content (AvgIpc) is 3.52. The summed E-state index contributed by atoms with van der Waals surface area (Å²) in [6.07, 6.45) is 9.66. The highest BCUT2D eigenvalue weighted by molar-refractivity contribution is 6.10. The van der Waals surface area contributed by atoms with E-state index >= 15 is 0 Å². The Morgan fingerprint density at radius 1 is 1.22 bits per heavy atom. The van der Waals surface area contributed by atoms with Gasteiger partial charge >= 0.3 is 0 Å². The van der Waals surface area contributed by atoms with Gasteiger partial charge in [-0.3, -0.25) is 15.1 Å². The first kappa shape index (κ1) is 21.9. The lowest BCUT2D eigenvalue weighted by molar-refractivity contribution is 0.636. The standard InChI is InChI=1S/C27H29FN4/c1-5-25(19-9-10-19)31-18(4)21-8-7-17(3)20(15-21)13-14-29-26(6-2)22-11-12-24(28)27-23(22)16-30-32-27/h7-8,11-16,19H,4-6,9-10H2,1-3H3,(H,30,32)/b14-13+,29-26?,31-25?. The van der Waals surface area contributed by atoms with Gasteiger partial charge in [0.25, 0.3) is 0 Å². The molecule has 0 bridgehead atoms. The van der Waals surface area contributed by atoms with Crippen LogP contribution in [0.4, 0.5) is 4.39 Å². The number of aromatic nitrogens is 2. The van der Waals surface area contributed by atoms with Crippen LogP contribution in [0, 0.1) is 18.7 Å². The molecule has 0 radical (unpaired) electrons. The van der Waals surface area contributed by atoms with Crippen LogP contribution in [0.25, 0.3) is 22.7 Å². The fraction of sp³-hybridized carbons (Fsp3) is 0.296. The highest BCUT2D eigenvalue weighted by Crippen LogP contribution is 2.33. The van der Waals surface area contributed by atoms with Crippen LogP contribution >= 0.6 is 0 Å². The molecule has 0 aliphatic heterocycles. The molecule has 0 amide bonds. The predicted molar refractivity (Wildman–Crippen MR) is 133 cm³/mol. The van der Waals surface area contributed by atoms with Crippen molar-refractivity contribution in [2.75, 3.05) is 0 Å². The number of nitrogens with zero attached hydrogens (tertiary/aromatic N) is 3. The largest absolute Gasteiger partial charge is 0.275 e. The summed E-state index contributed by atoms with van der Waals surface area (Å²) in [5, 5.41) is 7.46. The SMILES string of the molecule is C=C(N=C(CC)C1CC1)c1ccc(C)c(/C=C/N=C(CC)c2ccc(F)c3[nH]ncc23)c1. The maximum absolute atomic E-state index is 14.0. The number of aromatic amines is 1. The number of rotatable bonds is 8. The van der Waals surface area contributed by atoms with Gasteiger partial charge in [0.15, 0.2) is 0 Å². The molecule has 4 nitrogen and oxygen atoms in total. The molecule has 1 N–H and O–H groups in total. The van der Waals surface area contributed by atoms with Gasteiger partial charge in [-0.2, -0.15) is 5.10 Å². The number of aryl methyl sites for hydroxylation is 1. The molecule has 1 saturated carbocycles. The van der Waals surface area contributed by atoms with E-state index in [4.69, 9.17) is 9.98 Å². The van der Waals surface area contributed by atoms with E-state index in [2.05, 4.69) is 48.8 Å². The lowest BCUT2D eigenvalue weighted by atomic mass is 10.0. The van der Waals surface area contributed by atoms with Gasteiger partial charge in [-0.25, -0.2) is 4.39 Å². The third-order valence-electron chi connectivity index (χ3n) is 6.00. The van der Waals surface area contributed by atoms with Crippen molar-refractivity contribution in [2.24, 2.45) is 15.9 Å². The Hall–Kier alpha value is -3.34. The van der Waals surface area contributed by atoms with Gasteiger partial charge in [-0.05, 0) is 73.9 Å². The summed E-state index contributed by atoms with van der Waals surface area (Å²) in [5.74, 6) is 0.340. The molecule has 3 aromatic rings. The van der Waals surface area contributed by atoms with E-state index in [1.165, 1.54) is 24.6 Å². The van der Waals surface area contributed by atoms with E-state index in [1.54, 1.807) is 12.3 Å². The van der Waals surface area contributed by atoms with Crippen molar-refractivity contribution in [3.8, 4) is 0 Å². The van der Waals surface area contributed by atoms with Crippen molar-refractivity contribution in [3.63, 3.8) is 0 Å². The number of hydrogen-bond acceptors (Lipinski definition) is 3. The zero-order valence-corrected chi connectivity index (χ0v) is 19.0. The maximum atomic E-state index is 14.0. The normalized spacial score (nSPS) is 15.1. The monoisotopic (exact) mass is 428 g/mol. The van der Waals surface area contributed by atoms with Crippen molar-refractivity contribution in [3.05, 3.63) is 77.4 Å². The summed E-state index contributed by atoms with van der Waals surface area (Å²) in [6, 6.07) is 9.51. The van der Waals surface area contributed by atoms with Crippen molar-refractivity contribution in [1.82, 2.24) is 10.2 Å². The van der Waals surface area contributed by atoms with Gasteiger partial charge in [0, 0.05) is 34.1 Å². The number of H-pyrrole nitrogens is 1. The highest BCUT2D eigenvalue weighted by atomic mass is 19.1. The first-order valence-corrected chi connectivity index (χ1v) is 11.2. The number of hydrogen-bond donors (Lipinski definition) is 1.